The summed E-state index contributed by atoms with van der Waals surface area (Å²) in [7, 11) is 0. The number of benzene rings is 1. The summed E-state index contributed by atoms with van der Waals surface area (Å²) in [4.78, 5) is 0. The maximum Gasteiger partial charge on any atom is 0.0487 e. The standard InChI is InChI=1S/C16H24O2/c17-12-15-7-10-16(13-18,11-8-15)9-6-14-4-2-1-3-5-14/h1-5,15,17-18H,6-13H2. The van der Waals surface area contributed by atoms with Crippen molar-refractivity contribution >= 4 is 0 Å². The smallest absolute Gasteiger partial charge is 0.0487 e. The lowest BCUT2D eigenvalue weighted by Crippen LogP contribution is -2.32. The van der Waals surface area contributed by atoms with Crippen molar-refractivity contribution in [3.05, 3.63) is 35.9 Å². The van der Waals surface area contributed by atoms with Crippen molar-refractivity contribution in [3.8, 4) is 0 Å². The van der Waals surface area contributed by atoms with Crippen molar-refractivity contribution in [2.75, 3.05) is 13.2 Å². The van der Waals surface area contributed by atoms with Gasteiger partial charge in [-0.3, -0.25) is 0 Å². The molecule has 1 aromatic rings. The zero-order valence-corrected chi connectivity index (χ0v) is 11.0. The van der Waals surface area contributed by atoms with Crippen LogP contribution in [-0.4, -0.2) is 23.4 Å². The molecule has 0 atom stereocenters. The van der Waals surface area contributed by atoms with Crippen molar-refractivity contribution in [3.63, 3.8) is 0 Å². The summed E-state index contributed by atoms with van der Waals surface area (Å²) in [6.07, 6.45) is 6.34. The van der Waals surface area contributed by atoms with Gasteiger partial charge in [0.25, 0.3) is 0 Å². The molecule has 1 fully saturated rings. The van der Waals surface area contributed by atoms with E-state index in [0.29, 0.717) is 12.5 Å². The molecule has 2 heteroatoms. The van der Waals surface area contributed by atoms with Crippen LogP contribution in [0.5, 0.6) is 0 Å². The van der Waals surface area contributed by atoms with Gasteiger partial charge in [-0.15, -0.1) is 0 Å². The summed E-state index contributed by atoms with van der Waals surface area (Å²) < 4.78 is 0. The number of aryl methyl sites for hydroxylation is 1. The van der Waals surface area contributed by atoms with E-state index in [2.05, 4.69) is 24.3 Å². The molecule has 100 valence electrons. The predicted molar refractivity (Wildman–Crippen MR) is 73.3 cm³/mol. The average molecular weight is 248 g/mol. The summed E-state index contributed by atoms with van der Waals surface area (Å²) in [5.74, 6) is 0.460. The third-order valence-electron chi connectivity index (χ3n) is 4.55. The van der Waals surface area contributed by atoms with E-state index in [1.807, 2.05) is 6.07 Å². The number of hydrogen-bond acceptors (Lipinski definition) is 2. The zero-order valence-electron chi connectivity index (χ0n) is 11.0. The second-order valence-corrected chi connectivity index (χ2v) is 5.77. The van der Waals surface area contributed by atoms with Gasteiger partial charge in [0.15, 0.2) is 0 Å². The molecule has 0 amide bonds. The fourth-order valence-corrected chi connectivity index (χ4v) is 3.01. The molecule has 1 aliphatic rings. The molecule has 1 aliphatic carbocycles. The summed E-state index contributed by atoms with van der Waals surface area (Å²) in [5, 5.41) is 18.9. The van der Waals surface area contributed by atoms with Crippen LogP contribution in [-0.2, 0) is 6.42 Å². The normalized spacial score (nSPS) is 28.2. The molecule has 18 heavy (non-hydrogen) atoms. The quantitative estimate of drug-likeness (QED) is 0.841. The summed E-state index contributed by atoms with van der Waals surface area (Å²) in [6, 6.07) is 10.5. The highest BCUT2D eigenvalue weighted by Crippen LogP contribution is 2.41. The highest BCUT2D eigenvalue weighted by atomic mass is 16.3. The molecular formula is C16H24O2. The van der Waals surface area contributed by atoms with Crippen LogP contribution < -0.4 is 0 Å². The number of aliphatic hydroxyl groups is 2. The van der Waals surface area contributed by atoms with E-state index in [-0.39, 0.29) is 12.0 Å². The van der Waals surface area contributed by atoms with Crippen LogP contribution in [0.15, 0.2) is 30.3 Å². The minimum absolute atomic E-state index is 0.0987. The first kappa shape index (κ1) is 13.6. The summed E-state index contributed by atoms with van der Waals surface area (Å²) >= 11 is 0. The fraction of sp³-hybridized carbons (Fsp3) is 0.625. The van der Waals surface area contributed by atoms with E-state index < -0.39 is 0 Å². The second-order valence-electron chi connectivity index (χ2n) is 5.77. The molecule has 0 aromatic heterocycles. The molecular weight excluding hydrogens is 224 g/mol. The number of aliphatic hydroxyl groups excluding tert-OH is 2. The van der Waals surface area contributed by atoms with Gasteiger partial charge in [0.2, 0.25) is 0 Å². The molecule has 0 unspecified atom stereocenters. The topological polar surface area (TPSA) is 40.5 Å². The zero-order chi connectivity index (χ0) is 12.8. The first-order valence-electron chi connectivity index (χ1n) is 7.04. The van der Waals surface area contributed by atoms with Crippen LogP contribution in [0.1, 0.15) is 37.7 Å². The largest absolute Gasteiger partial charge is 0.396 e. The molecule has 1 aromatic carbocycles. The third kappa shape index (κ3) is 3.33. The maximum absolute atomic E-state index is 9.72. The Balaban J connectivity index is 1.89. The monoisotopic (exact) mass is 248 g/mol. The minimum atomic E-state index is 0.0987. The molecule has 2 N–H and O–H groups in total. The van der Waals surface area contributed by atoms with E-state index in [4.69, 9.17) is 0 Å². The molecule has 1 saturated carbocycles. The van der Waals surface area contributed by atoms with Crippen molar-refractivity contribution < 1.29 is 10.2 Å². The second kappa shape index (κ2) is 6.35. The van der Waals surface area contributed by atoms with Gasteiger partial charge < -0.3 is 10.2 Å². The van der Waals surface area contributed by atoms with E-state index >= 15 is 0 Å². The van der Waals surface area contributed by atoms with Gasteiger partial charge in [-0.05, 0) is 55.4 Å². The average Bonchev–Trinajstić information content (AvgIpc) is 2.47. The lowest BCUT2D eigenvalue weighted by atomic mass is 9.68. The Labute approximate surface area is 110 Å². The summed E-state index contributed by atoms with van der Waals surface area (Å²) in [6.45, 7) is 0.595. The SMILES string of the molecule is OCC1CCC(CO)(CCc2ccccc2)CC1. The Hall–Kier alpha value is -0.860. The fourth-order valence-electron chi connectivity index (χ4n) is 3.01. The molecule has 2 rings (SSSR count). The Kier molecular flexibility index (Phi) is 4.79. The Bertz CT molecular complexity index is 339. The highest BCUT2D eigenvalue weighted by molar-refractivity contribution is 5.15. The number of hydrogen-bond donors (Lipinski definition) is 2. The van der Waals surface area contributed by atoms with Gasteiger partial charge in [0.05, 0.1) is 0 Å². The van der Waals surface area contributed by atoms with Crippen LogP contribution >= 0.6 is 0 Å². The maximum atomic E-state index is 9.72. The lowest BCUT2D eigenvalue weighted by molar-refractivity contribution is 0.0428. The molecule has 0 heterocycles. The molecule has 0 bridgehead atoms. The van der Waals surface area contributed by atoms with Crippen molar-refractivity contribution in [2.24, 2.45) is 11.3 Å². The van der Waals surface area contributed by atoms with Crippen LogP contribution in [0.3, 0.4) is 0 Å². The Morgan fingerprint density at radius 1 is 1.06 bits per heavy atom. The molecule has 0 radical (unpaired) electrons. The molecule has 0 aliphatic heterocycles. The van der Waals surface area contributed by atoms with E-state index in [1.165, 1.54) is 5.56 Å². The van der Waals surface area contributed by atoms with Gasteiger partial charge in [-0.2, -0.15) is 0 Å². The molecule has 0 saturated heterocycles. The van der Waals surface area contributed by atoms with E-state index in [9.17, 15) is 10.2 Å². The van der Waals surface area contributed by atoms with Gasteiger partial charge >= 0.3 is 0 Å². The van der Waals surface area contributed by atoms with Crippen LogP contribution in [0, 0.1) is 11.3 Å². The van der Waals surface area contributed by atoms with Crippen LogP contribution in [0.25, 0.3) is 0 Å². The van der Waals surface area contributed by atoms with E-state index in [0.717, 1.165) is 38.5 Å². The first-order valence-corrected chi connectivity index (χ1v) is 7.04. The van der Waals surface area contributed by atoms with Crippen molar-refractivity contribution in [2.45, 2.75) is 38.5 Å². The minimum Gasteiger partial charge on any atom is -0.396 e. The van der Waals surface area contributed by atoms with Gasteiger partial charge in [-0.25, -0.2) is 0 Å². The van der Waals surface area contributed by atoms with Crippen molar-refractivity contribution in [1.29, 1.82) is 0 Å². The first-order chi connectivity index (χ1) is 8.78. The predicted octanol–water partition coefficient (Wildman–Crippen LogP) is 2.78. The third-order valence-corrected chi connectivity index (χ3v) is 4.55. The van der Waals surface area contributed by atoms with Gasteiger partial charge in [0.1, 0.15) is 0 Å². The van der Waals surface area contributed by atoms with Crippen molar-refractivity contribution in [1.82, 2.24) is 0 Å². The van der Waals surface area contributed by atoms with E-state index in [1.54, 1.807) is 0 Å². The van der Waals surface area contributed by atoms with Gasteiger partial charge in [-0.1, -0.05) is 30.3 Å². The molecule has 2 nitrogen and oxygen atoms in total. The Morgan fingerprint density at radius 2 is 1.72 bits per heavy atom. The molecule has 0 spiro atoms. The number of rotatable bonds is 5. The lowest BCUT2D eigenvalue weighted by Gasteiger charge is -2.38. The summed E-state index contributed by atoms with van der Waals surface area (Å²) in [5.41, 5.74) is 1.45. The Morgan fingerprint density at radius 3 is 2.28 bits per heavy atom. The van der Waals surface area contributed by atoms with Crippen LogP contribution in [0.4, 0.5) is 0 Å². The van der Waals surface area contributed by atoms with Gasteiger partial charge in [0, 0.05) is 13.2 Å². The van der Waals surface area contributed by atoms with Crippen LogP contribution in [0.2, 0.25) is 0 Å². The highest BCUT2D eigenvalue weighted by Gasteiger charge is 2.34.